The zero-order valence-electron chi connectivity index (χ0n) is 25.4. The highest BCUT2D eigenvalue weighted by molar-refractivity contribution is 6.00. The molecule has 40 heavy (non-hydrogen) atoms. The Morgan fingerprint density at radius 2 is 1.60 bits per heavy atom. The lowest BCUT2D eigenvalue weighted by Crippen LogP contribution is -2.54. The lowest BCUT2D eigenvalue weighted by molar-refractivity contribution is -0.141. The second kappa shape index (κ2) is 14.8. The molecule has 3 N–H and O–H groups in total. The van der Waals surface area contributed by atoms with Crippen molar-refractivity contribution in [3.8, 4) is 0 Å². The Labute approximate surface area is 239 Å². The molecule has 8 nitrogen and oxygen atoms in total. The molecule has 3 amide bonds. The van der Waals surface area contributed by atoms with E-state index in [0.717, 1.165) is 41.5 Å². The molecule has 0 aromatic heterocycles. The number of para-hydroxylation sites is 1. The first kappa shape index (κ1) is 32.8. The maximum Gasteiger partial charge on any atom is 0.408 e. The van der Waals surface area contributed by atoms with Gasteiger partial charge in [-0.15, -0.1) is 0 Å². The summed E-state index contributed by atoms with van der Waals surface area (Å²) in [7, 11) is 0. The third-order valence-electron chi connectivity index (χ3n) is 6.73. The fraction of sp³-hybridized carbons (Fsp3) is 0.531. The molecule has 0 fully saturated rings. The number of aliphatic hydroxyl groups excluding tert-OH is 1. The number of aliphatic hydroxyl groups is 1. The first-order chi connectivity index (χ1) is 18.8. The van der Waals surface area contributed by atoms with Gasteiger partial charge < -0.3 is 25.4 Å². The van der Waals surface area contributed by atoms with E-state index in [-0.39, 0.29) is 12.5 Å². The summed E-state index contributed by atoms with van der Waals surface area (Å²) in [5.74, 6) is -0.906. The molecule has 0 saturated carbocycles. The molecule has 2 rings (SSSR count). The molecule has 8 heteroatoms. The molecule has 0 spiro atoms. The monoisotopic (exact) mass is 553 g/mol. The third-order valence-corrected chi connectivity index (χ3v) is 6.73. The summed E-state index contributed by atoms with van der Waals surface area (Å²) < 4.78 is 5.33. The maximum absolute atomic E-state index is 14.2. The van der Waals surface area contributed by atoms with Gasteiger partial charge in [-0.25, -0.2) is 4.79 Å². The number of unbranched alkanes of at least 4 members (excludes halogenated alkanes) is 3. The van der Waals surface area contributed by atoms with E-state index in [0.29, 0.717) is 17.7 Å². The first-order valence-electron chi connectivity index (χ1n) is 14.1. The van der Waals surface area contributed by atoms with E-state index >= 15 is 0 Å². The van der Waals surface area contributed by atoms with Crippen LogP contribution in [-0.4, -0.2) is 52.7 Å². The summed E-state index contributed by atoms with van der Waals surface area (Å²) >= 11 is 0. The Morgan fingerprint density at radius 3 is 2.17 bits per heavy atom. The van der Waals surface area contributed by atoms with Crippen molar-refractivity contribution >= 4 is 23.6 Å². The standard InChI is InChI=1S/C32H47N3O5/c1-9-10-11-12-18-35(30(38)26(20-36)33-31(39)40-32(6,7)8)28(25-19-21(2)16-17-22(25)3)29(37)34-27-23(4)14-13-15-24(27)5/h13-17,19,26,28,36H,9-12,18,20H2,1-8H3,(H,33,39)(H,34,37). The van der Waals surface area contributed by atoms with Crippen LogP contribution in [0.15, 0.2) is 36.4 Å². The molecule has 0 aliphatic carbocycles. The molecule has 0 heterocycles. The fourth-order valence-corrected chi connectivity index (χ4v) is 4.62. The van der Waals surface area contributed by atoms with Crippen molar-refractivity contribution < 1.29 is 24.2 Å². The van der Waals surface area contributed by atoms with Gasteiger partial charge in [-0.1, -0.05) is 68.1 Å². The normalized spacial score (nSPS) is 12.8. The smallest absolute Gasteiger partial charge is 0.408 e. The molecular formula is C32H47N3O5. The number of amides is 3. The number of ether oxygens (including phenoxy) is 1. The van der Waals surface area contributed by atoms with Gasteiger partial charge in [0.25, 0.3) is 5.91 Å². The zero-order chi connectivity index (χ0) is 30.0. The van der Waals surface area contributed by atoms with Gasteiger partial charge in [-0.3, -0.25) is 9.59 Å². The number of alkyl carbamates (subject to hydrolysis) is 1. The van der Waals surface area contributed by atoms with Crippen molar-refractivity contribution in [3.05, 3.63) is 64.2 Å². The summed E-state index contributed by atoms with van der Waals surface area (Å²) in [5.41, 5.74) is 4.25. The summed E-state index contributed by atoms with van der Waals surface area (Å²) in [6.07, 6.45) is 2.74. The molecule has 2 atom stereocenters. The van der Waals surface area contributed by atoms with Gasteiger partial charge in [0.1, 0.15) is 17.7 Å². The minimum Gasteiger partial charge on any atom is -0.444 e. The van der Waals surface area contributed by atoms with E-state index in [1.54, 1.807) is 20.8 Å². The number of benzene rings is 2. The number of nitrogens with zero attached hydrogens (tertiary/aromatic N) is 1. The molecule has 220 valence electrons. The van der Waals surface area contributed by atoms with Crippen molar-refractivity contribution in [3.63, 3.8) is 0 Å². The Bertz CT molecular complexity index is 1150. The van der Waals surface area contributed by atoms with Crippen LogP contribution in [0.4, 0.5) is 10.5 Å². The van der Waals surface area contributed by atoms with Gasteiger partial charge >= 0.3 is 6.09 Å². The van der Waals surface area contributed by atoms with Crippen LogP contribution in [-0.2, 0) is 14.3 Å². The highest BCUT2D eigenvalue weighted by Gasteiger charge is 2.37. The van der Waals surface area contributed by atoms with Crippen molar-refractivity contribution in [1.82, 2.24) is 10.2 Å². The SMILES string of the molecule is CCCCCCN(C(=O)C(CO)NC(=O)OC(C)(C)C)C(C(=O)Nc1c(C)cccc1C)c1cc(C)ccc1C. The largest absolute Gasteiger partial charge is 0.444 e. The lowest BCUT2D eigenvalue weighted by atomic mass is 9.95. The minimum atomic E-state index is -1.28. The van der Waals surface area contributed by atoms with E-state index < -0.39 is 36.3 Å². The van der Waals surface area contributed by atoms with Gasteiger partial charge in [0.05, 0.1) is 6.61 Å². The number of hydrogen-bond donors (Lipinski definition) is 3. The molecule has 0 aliphatic heterocycles. The topological polar surface area (TPSA) is 108 Å². The molecular weight excluding hydrogens is 506 g/mol. The van der Waals surface area contributed by atoms with Gasteiger partial charge in [0.2, 0.25) is 5.91 Å². The number of rotatable bonds is 12. The average Bonchev–Trinajstić information content (AvgIpc) is 2.87. The predicted octanol–water partition coefficient (Wildman–Crippen LogP) is 5.89. The van der Waals surface area contributed by atoms with Crippen LogP contribution < -0.4 is 10.6 Å². The summed E-state index contributed by atoms with van der Waals surface area (Å²) in [6, 6.07) is 9.35. The summed E-state index contributed by atoms with van der Waals surface area (Å²) in [6.45, 7) is 14.6. The number of nitrogens with one attached hydrogen (secondary N) is 2. The highest BCUT2D eigenvalue weighted by atomic mass is 16.6. The highest BCUT2D eigenvalue weighted by Crippen LogP contribution is 2.30. The molecule has 2 unspecified atom stereocenters. The average molecular weight is 554 g/mol. The quantitative estimate of drug-likeness (QED) is 0.284. The van der Waals surface area contributed by atoms with Gasteiger partial charge in [0.15, 0.2) is 0 Å². The van der Waals surface area contributed by atoms with Crippen LogP contribution in [0.1, 0.15) is 87.2 Å². The Balaban J connectivity index is 2.58. The van der Waals surface area contributed by atoms with Crippen LogP contribution in [0, 0.1) is 27.7 Å². The van der Waals surface area contributed by atoms with Crippen LogP contribution in [0.3, 0.4) is 0 Å². The zero-order valence-corrected chi connectivity index (χ0v) is 25.4. The third kappa shape index (κ3) is 9.37. The Hall–Kier alpha value is -3.39. The van der Waals surface area contributed by atoms with E-state index in [4.69, 9.17) is 4.74 Å². The van der Waals surface area contributed by atoms with E-state index in [1.165, 1.54) is 4.90 Å². The van der Waals surface area contributed by atoms with Gasteiger partial charge in [0, 0.05) is 12.2 Å². The fourth-order valence-electron chi connectivity index (χ4n) is 4.62. The number of hydrogen-bond acceptors (Lipinski definition) is 5. The summed E-state index contributed by atoms with van der Waals surface area (Å²) in [4.78, 5) is 42.3. The van der Waals surface area contributed by atoms with Gasteiger partial charge in [-0.2, -0.15) is 0 Å². The Morgan fingerprint density at radius 1 is 0.950 bits per heavy atom. The minimum absolute atomic E-state index is 0.281. The molecule has 0 saturated heterocycles. The number of carbonyl (C=O) groups excluding carboxylic acids is 3. The maximum atomic E-state index is 14.2. The molecule has 2 aromatic carbocycles. The van der Waals surface area contributed by atoms with Crippen LogP contribution in [0.2, 0.25) is 0 Å². The van der Waals surface area contributed by atoms with Crippen LogP contribution in [0.25, 0.3) is 0 Å². The second-order valence-corrected chi connectivity index (χ2v) is 11.5. The second-order valence-electron chi connectivity index (χ2n) is 11.5. The van der Waals surface area contributed by atoms with E-state index in [2.05, 4.69) is 17.6 Å². The molecule has 2 aromatic rings. The van der Waals surface area contributed by atoms with E-state index in [9.17, 15) is 19.5 Å². The number of carbonyl (C=O) groups is 3. The molecule has 0 radical (unpaired) electrons. The van der Waals surface area contributed by atoms with Crippen molar-refractivity contribution in [2.45, 2.75) is 98.8 Å². The van der Waals surface area contributed by atoms with Crippen LogP contribution in [0.5, 0.6) is 0 Å². The molecule has 0 bridgehead atoms. The van der Waals surface area contributed by atoms with Gasteiger partial charge in [-0.05, 0) is 77.1 Å². The first-order valence-corrected chi connectivity index (χ1v) is 14.1. The lowest BCUT2D eigenvalue weighted by Gasteiger charge is -2.35. The van der Waals surface area contributed by atoms with Crippen LogP contribution >= 0.6 is 0 Å². The Kier molecular flexibility index (Phi) is 12.2. The number of aryl methyl sites for hydroxylation is 4. The van der Waals surface area contributed by atoms with Crippen molar-refractivity contribution in [2.75, 3.05) is 18.5 Å². The van der Waals surface area contributed by atoms with Crippen molar-refractivity contribution in [2.24, 2.45) is 0 Å². The predicted molar refractivity (Wildman–Crippen MR) is 159 cm³/mol. The van der Waals surface area contributed by atoms with E-state index in [1.807, 2.05) is 64.1 Å². The van der Waals surface area contributed by atoms with Crippen molar-refractivity contribution in [1.29, 1.82) is 0 Å². The molecule has 0 aliphatic rings. The summed E-state index contributed by atoms with van der Waals surface area (Å²) in [5, 5.41) is 15.8. The number of anilines is 1.